The van der Waals surface area contributed by atoms with Crippen molar-refractivity contribution in [2.24, 2.45) is 11.7 Å². The molecule has 0 aromatic rings. The lowest BCUT2D eigenvalue weighted by Crippen LogP contribution is -2.59. The van der Waals surface area contributed by atoms with Crippen molar-refractivity contribution in [3.05, 3.63) is 0 Å². The molecule has 2 saturated heterocycles. The summed E-state index contributed by atoms with van der Waals surface area (Å²) in [4.78, 5) is 14.9. The molecule has 0 spiro atoms. The molecule has 2 aliphatic heterocycles. The van der Waals surface area contributed by atoms with Crippen molar-refractivity contribution in [2.75, 3.05) is 18.8 Å². The lowest BCUT2D eigenvalue weighted by molar-refractivity contribution is -0.130. The van der Waals surface area contributed by atoms with Crippen LogP contribution >= 0.6 is 11.8 Å². The molecule has 2 rings (SSSR count). The maximum absolute atomic E-state index is 12.8. The van der Waals surface area contributed by atoms with Gasteiger partial charge in [-0.25, -0.2) is 0 Å². The average Bonchev–Trinajstić information content (AvgIpc) is 2.90. The van der Waals surface area contributed by atoms with E-state index in [1.54, 1.807) is 0 Å². The summed E-state index contributed by atoms with van der Waals surface area (Å²) >= 11 is 2.00. The number of aliphatic hydroxyl groups excluding tert-OH is 1. The summed E-state index contributed by atoms with van der Waals surface area (Å²) in [5, 5.41) is 14.0. The molecule has 2 aliphatic rings. The van der Waals surface area contributed by atoms with Gasteiger partial charge in [-0.15, -0.1) is 0 Å². The third-order valence-electron chi connectivity index (χ3n) is 4.90. The number of nitrogens with zero attached hydrogens (tertiary/aromatic N) is 1. The smallest absolute Gasteiger partial charge is 0.237 e. The van der Waals surface area contributed by atoms with Crippen LogP contribution in [0.25, 0.3) is 0 Å². The Morgan fingerprint density at radius 2 is 2.17 bits per heavy atom. The first-order valence-corrected chi connectivity index (χ1v) is 9.87. The molecule has 0 bridgehead atoms. The van der Waals surface area contributed by atoms with Crippen LogP contribution in [0.4, 0.5) is 0 Å². The zero-order chi connectivity index (χ0) is 17.2. The number of aliphatic hydroxyl groups is 1. The topological polar surface area (TPSA) is 78.6 Å². The van der Waals surface area contributed by atoms with Crippen molar-refractivity contribution in [3.63, 3.8) is 0 Å². The Morgan fingerprint density at radius 3 is 2.78 bits per heavy atom. The van der Waals surface area contributed by atoms with Crippen molar-refractivity contribution in [3.8, 4) is 0 Å². The number of rotatable bonds is 5. The fraction of sp³-hybridized carbons (Fsp3) is 0.941. The number of carbonyl (C=O) groups excluding carboxylic acids is 1. The van der Waals surface area contributed by atoms with Gasteiger partial charge in [-0.1, -0.05) is 6.92 Å². The Balaban J connectivity index is 2.08. The number of hydrogen-bond acceptors (Lipinski definition) is 5. The molecule has 6 heteroatoms. The molecule has 2 heterocycles. The Morgan fingerprint density at radius 1 is 1.48 bits per heavy atom. The van der Waals surface area contributed by atoms with Crippen molar-refractivity contribution in [2.45, 2.75) is 75.9 Å². The lowest BCUT2D eigenvalue weighted by Gasteiger charge is -2.42. The highest BCUT2D eigenvalue weighted by molar-refractivity contribution is 8.00. The Bertz CT molecular complexity index is 413. The zero-order valence-electron chi connectivity index (χ0n) is 14.9. The van der Waals surface area contributed by atoms with Gasteiger partial charge in [0.2, 0.25) is 5.91 Å². The van der Waals surface area contributed by atoms with E-state index in [1.807, 2.05) is 39.5 Å². The third kappa shape index (κ3) is 5.08. The standard InChI is InChI=1S/C17H33N3O2S/c1-5-12(18)14(21)10-20-9-11-6-7-23-15(11)8-13(20)16(22)19-17(2,3)4/h11-15,21H,5-10,18H2,1-4H3,(H,19,22)/t11-,12?,13+,14?,15?/m1/s1. The van der Waals surface area contributed by atoms with Crippen molar-refractivity contribution in [1.82, 2.24) is 10.2 Å². The van der Waals surface area contributed by atoms with Gasteiger partial charge < -0.3 is 16.2 Å². The molecule has 3 unspecified atom stereocenters. The van der Waals surface area contributed by atoms with Crippen LogP contribution in [0.15, 0.2) is 0 Å². The number of hydrogen-bond donors (Lipinski definition) is 3. The Labute approximate surface area is 144 Å². The van der Waals surface area contributed by atoms with E-state index in [2.05, 4.69) is 10.2 Å². The Kier molecular flexibility index (Phi) is 6.39. The van der Waals surface area contributed by atoms with E-state index < -0.39 is 6.10 Å². The van der Waals surface area contributed by atoms with E-state index in [0.29, 0.717) is 17.7 Å². The van der Waals surface area contributed by atoms with E-state index in [4.69, 9.17) is 5.73 Å². The number of nitrogens with two attached hydrogens (primary N) is 1. The SMILES string of the molecule is CCC(N)C(O)CN1C[C@H]2CCSC2C[C@H]1C(=O)NC(C)(C)C. The number of likely N-dealkylation sites (tertiary alicyclic amines) is 1. The molecule has 1 amide bonds. The fourth-order valence-corrected chi connectivity index (χ4v) is 5.09. The largest absolute Gasteiger partial charge is 0.390 e. The van der Waals surface area contributed by atoms with E-state index in [0.717, 1.165) is 19.4 Å². The third-order valence-corrected chi connectivity index (χ3v) is 6.38. The van der Waals surface area contributed by atoms with Gasteiger partial charge >= 0.3 is 0 Å². The summed E-state index contributed by atoms with van der Waals surface area (Å²) in [6.45, 7) is 9.39. The highest BCUT2D eigenvalue weighted by Crippen LogP contribution is 2.40. The number of nitrogens with one attached hydrogen (secondary N) is 1. The maximum atomic E-state index is 12.8. The van der Waals surface area contributed by atoms with Crippen LogP contribution in [0.3, 0.4) is 0 Å². The first-order valence-electron chi connectivity index (χ1n) is 8.82. The highest BCUT2D eigenvalue weighted by atomic mass is 32.2. The van der Waals surface area contributed by atoms with E-state index in [9.17, 15) is 9.90 Å². The van der Waals surface area contributed by atoms with Crippen LogP contribution < -0.4 is 11.1 Å². The molecule has 0 saturated carbocycles. The quantitative estimate of drug-likeness (QED) is 0.699. The summed E-state index contributed by atoms with van der Waals surface area (Å²) in [5.74, 6) is 1.91. The van der Waals surface area contributed by atoms with Crippen LogP contribution in [0.1, 0.15) is 47.0 Å². The van der Waals surface area contributed by atoms with E-state index in [1.165, 1.54) is 12.2 Å². The molecule has 5 nitrogen and oxygen atoms in total. The van der Waals surface area contributed by atoms with Crippen LogP contribution in [0.2, 0.25) is 0 Å². The van der Waals surface area contributed by atoms with Crippen LogP contribution in [-0.4, -0.2) is 63.7 Å². The number of fused-ring (bicyclic) bond motifs is 1. The molecular weight excluding hydrogens is 310 g/mol. The second-order valence-electron chi connectivity index (χ2n) is 8.04. The molecule has 2 fully saturated rings. The molecule has 23 heavy (non-hydrogen) atoms. The van der Waals surface area contributed by atoms with Gasteiger partial charge in [0, 0.05) is 29.9 Å². The van der Waals surface area contributed by atoms with Gasteiger partial charge in [-0.2, -0.15) is 11.8 Å². The minimum atomic E-state index is -0.574. The zero-order valence-corrected chi connectivity index (χ0v) is 15.7. The van der Waals surface area contributed by atoms with Crippen LogP contribution in [0, 0.1) is 5.92 Å². The minimum absolute atomic E-state index is 0.0840. The monoisotopic (exact) mass is 343 g/mol. The number of β-amino-alcohol motifs (C(OH)–C–C–N with tert-alkyl or cyclic N) is 1. The minimum Gasteiger partial charge on any atom is -0.390 e. The number of carbonyl (C=O) groups is 1. The van der Waals surface area contributed by atoms with Gasteiger partial charge in [-0.3, -0.25) is 9.69 Å². The maximum Gasteiger partial charge on any atom is 0.237 e. The number of thioether (sulfide) groups is 1. The summed E-state index contributed by atoms with van der Waals surface area (Å²) in [7, 11) is 0. The second kappa shape index (κ2) is 7.72. The summed E-state index contributed by atoms with van der Waals surface area (Å²) < 4.78 is 0. The lowest BCUT2D eigenvalue weighted by atomic mass is 9.89. The molecule has 0 aromatic heterocycles. The molecule has 134 valence electrons. The first kappa shape index (κ1) is 19.0. The second-order valence-corrected chi connectivity index (χ2v) is 9.39. The molecule has 5 atom stereocenters. The molecule has 0 aliphatic carbocycles. The van der Waals surface area contributed by atoms with E-state index >= 15 is 0 Å². The highest BCUT2D eigenvalue weighted by Gasteiger charge is 2.42. The molecule has 4 N–H and O–H groups in total. The predicted molar refractivity (Wildman–Crippen MR) is 96.5 cm³/mol. The summed E-state index contributed by atoms with van der Waals surface area (Å²) in [6.07, 6.45) is 2.27. The normalized spacial score (nSPS) is 31.5. The van der Waals surface area contributed by atoms with Crippen LogP contribution in [-0.2, 0) is 4.79 Å². The average molecular weight is 344 g/mol. The predicted octanol–water partition coefficient (Wildman–Crippen LogP) is 1.20. The molecule has 0 aromatic carbocycles. The number of amides is 1. The van der Waals surface area contributed by atoms with Gasteiger partial charge in [0.15, 0.2) is 0 Å². The molecular formula is C17H33N3O2S. The molecule has 0 radical (unpaired) electrons. The van der Waals surface area contributed by atoms with Gasteiger partial charge in [0.25, 0.3) is 0 Å². The number of piperidine rings is 1. The Hall–Kier alpha value is -0.300. The van der Waals surface area contributed by atoms with Gasteiger partial charge in [0.1, 0.15) is 0 Å². The summed E-state index contributed by atoms with van der Waals surface area (Å²) in [5.41, 5.74) is 5.75. The first-order chi connectivity index (χ1) is 10.7. The van der Waals surface area contributed by atoms with E-state index in [-0.39, 0.29) is 23.5 Å². The van der Waals surface area contributed by atoms with Gasteiger partial charge in [0.05, 0.1) is 12.1 Å². The van der Waals surface area contributed by atoms with Gasteiger partial charge in [-0.05, 0) is 51.7 Å². The fourth-order valence-electron chi connectivity index (χ4n) is 3.53. The van der Waals surface area contributed by atoms with Crippen molar-refractivity contribution in [1.29, 1.82) is 0 Å². The van der Waals surface area contributed by atoms with Crippen LogP contribution in [0.5, 0.6) is 0 Å². The summed E-state index contributed by atoms with van der Waals surface area (Å²) in [6, 6.07) is -0.378. The van der Waals surface area contributed by atoms with Crippen molar-refractivity contribution < 1.29 is 9.90 Å². The van der Waals surface area contributed by atoms with Crippen molar-refractivity contribution >= 4 is 17.7 Å².